The second kappa shape index (κ2) is 12.1. The van der Waals surface area contributed by atoms with Crippen molar-refractivity contribution in [3.05, 3.63) is 0 Å². The molecule has 2 atom stereocenters. The Morgan fingerprint density at radius 2 is 1.48 bits per heavy atom. The van der Waals surface area contributed by atoms with Crippen LogP contribution in [0.1, 0.15) is 86.0 Å². The molecule has 126 valence electrons. The van der Waals surface area contributed by atoms with Gasteiger partial charge in [0.05, 0.1) is 13.0 Å². The molecular formula is C19H38O2. The Hall–Kier alpha value is -0.530. The summed E-state index contributed by atoms with van der Waals surface area (Å²) in [6.07, 6.45) is 10.2. The summed E-state index contributed by atoms with van der Waals surface area (Å²) in [7, 11) is 1.51. The zero-order valence-corrected chi connectivity index (χ0v) is 15.3. The molecule has 0 aliphatic rings. The van der Waals surface area contributed by atoms with Crippen LogP contribution < -0.4 is 0 Å². The van der Waals surface area contributed by atoms with E-state index < -0.39 is 0 Å². The molecule has 0 spiro atoms. The molecule has 0 saturated heterocycles. The highest BCUT2D eigenvalue weighted by molar-refractivity contribution is 5.72. The summed E-state index contributed by atoms with van der Waals surface area (Å²) in [6.45, 7) is 11.1. The lowest BCUT2D eigenvalue weighted by Gasteiger charge is -2.24. The van der Waals surface area contributed by atoms with Crippen molar-refractivity contribution in [3.63, 3.8) is 0 Å². The first-order valence-corrected chi connectivity index (χ1v) is 9.01. The van der Waals surface area contributed by atoms with Crippen LogP contribution >= 0.6 is 0 Å². The Morgan fingerprint density at radius 1 is 0.857 bits per heavy atom. The topological polar surface area (TPSA) is 26.3 Å². The molecule has 0 aliphatic heterocycles. The maximum atomic E-state index is 11.8. The largest absolute Gasteiger partial charge is 0.469 e. The highest BCUT2D eigenvalue weighted by atomic mass is 16.5. The number of ether oxygens (including phenoxy) is 1. The third kappa shape index (κ3) is 9.16. The third-order valence-corrected chi connectivity index (χ3v) is 4.78. The molecule has 0 fully saturated rings. The monoisotopic (exact) mass is 298 g/mol. The molecular weight excluding hydrogens is 260 g/mol. The summed E-state index contributed by atoms with van der Waals surface area (Å²) in [5.41, 5.74) is 0. The number of esters is 1. The lowest BCUT2D eigenvalue weighted by Crippen LogP contribution is -2.23. The summed E-state index contributed by atoms with van der Waals surface area (Å²) >= 11 is 0. The van der Waals surface area contributed by atoms with Gasteiger partial charge in [-0.15, -0.1) is 0 Å². The van der Waals surface area contributed by atoms with Crippen molar-refractivity contribution in [2.24, 2.45) is 23.7 Å². The minimum absolute atomic E-state index is 0.0320. The molecule has 0 heterocycles. The smallest absolute Gasteiger partial charge is 0.308 e. The Labute approximate surface area is 133 Å². The first kappa shape index (κ1) is 20.5. The number of hydrogen-bond acceptors (Lipinski definition) is 2. The SMILES string of the molecule is CCCCCCCC(CCC(C(=O)OC)C(C)C)C(C)C. The zero-order valence-electron chi connectivity index (χ0n) is 15.3. The van der Waals surface area contributed by atoms with Gasteiger partial charge in [-0.05, 0) is 30.6 Å². The van der Waals surface area contributed by atoms with Crippen molar-refractivity contribution in [1.29, 1.82) is 0 Å². The average Bonchev–Trinajstić information content (AvgIpc) is 2.43. The predicted molar refractivity (Wildman–Crippen MR) is 91.3 cm³/mol. The number of carbonyl (C=O) groups is 1. The van der Waals surface area contributed by atoms with Gasteiger partial charge in [0.25, 0.3) is 0 Å². The van der Waals surface area contributed by atoms with Gasteiger partial charge < -0.3 is 4.74 Å². The lowest BCUT2D eigenvalue weighted by molar-refractivity contribution is -0.147. The van der Waals surface area contributed by atoms with Crippen molar-refractivity contribution < 1.29 is 9.53 Å². The van der Waals surface area contributed by atoms with Gasteiger partial charge in [0.2, 0.25) is 0 Å². The van der Waals surface area contributed by atoms with Gasteiger partial charge in [-0.25, -0.2) is 0 Å². The second-order valence-electron chi connectivity index (χ2n) is 7.16. The molecule has 0 saturated carbocycles. The summed E-state index contributed by atoms with van der Waals surface area (Å²) < 4.78 is 4.95. The van der Waals surface area contributed by atoms with E-state index in [1.54, 1.807) is 0 Å². The predicted octanol–water partition coefficient (Wildman–Crippen LogP) is 5.84. The minimum atomic E-state index is -0.0320. The first-order chi connectivity index (χ1) is 9.93. The minimum Gasteiger partial charge on any atom is -0.469 e. The summed E-state index contributed by atoms with van der Waals surface area (Å²) in [6, 6.07) is 0. The van der Waals surface area contributed by atoms with Gasteiger partial charge in [0, 0.05) is 0 Å². The fourth-order valence-electron chi connectivity index (χ4n) is 3.09. The molecule has 0 aliphatic carbocycles. The zero-order chi connectivity index (χ0) is 16.3. The van der Waals surface area contributed by atoms with Crippen LogP contribution in [0.4, 0.5) is 0 Å². The first-order valence-electron chi connectivity index (χ1n) is 9.01. The van der Waals surface area contributed by atoms with E-state index in [1.165, 1.54) is 45.6 Å². The molecule has 2 unspecified atom stereocenters. The third-order valence-electron chi connectivity index (χ3n) is 4.78. The molecule has 0 aromatic carbocycles. The highest BCUT2D eigenvalue weighted by Crippen LogP contribution is 2.28. The van der Waals surface area contributed by atoms with Crippen molar-refractivity contribution in [2.45, 2.75) is 86.0 Å². The van der Waals surface area contributed by atoms with Crippen LogP contribution in [-0.2, 0) is 9.53 Å². The van der Waals surface area contributed by atoms with Gasteiger partial charge in [-0.3, -0.25) is 4.79 Å². The van der Waals surface area contributed by atoms with Gasteiger partial charge >= 0.3 is 5.97 Å². The second-order valence-corrected chi connectivity index (χ2v) is 7.16. The van der Waals surface area contributed by atoms with Crippen molar-refractivity contribution in [3.8, 4) is 0 Å². The summed E-state index contributed by atoms with van der Waals surface area (Å²) in [5, 5.41) is 0. The fraction of sp³-hybridized carbons (Fsp3) is 0.947. The van der Waals surface area contributed by atoms with Crippen LogP contribution in [0, 0.1) is 23.7 Å². The van der Waals surface area contributed by atoms with E-state index in [1.807, 2.05) is 0 Å². The Balaban J connectivity index is 4.20. The highest BCUT2D eigenvalue weighted by Gasteiger charge is 2.24. The molecule has 2 nitrogen and oxygen atoms in total. The molecule has 21 heavy (non-hydrogen) atoms. The van der Waals surface area contributed by atoms with Crippen LogP contribution in [0.2, 0.25) is 0 Å². The average molecular weight is 299 g/mol. The molecule has 0 aromatic rings. The number of rotatable bonds is 12. The summed E-state index contributed by atoms with van der Waals surface area (Å²) in [5.74, 6) is 1.86. The number of unbranched alkanes of at least 4 members (excludes halogenated alkanes) is 4. The van der Waals surface area contributed by atoms with Gasteiger partial charge in [-0.2, -0.15) is 0 Å². The lowest BCUT2D eigenvalue weighted by atomic mass is 9.81. The molecule has 0 aromatic heterocycles. The van der Waals surface area contributed by atoms with E-state index >= 15 is 0 Å². The Morgan fingerprint density at radius 3 is 1.95 bits per heavy atom. The van der Waals surface area contributed by atoms with Crippen LogP contribution in [0.5, 0.6) is 0 Å². The van der Waals surface area contributed by atoms with Crippen molar-refractivity contribution in [2.75, 3.05) is 7.11 Å². The van der Waals surface area contributed by atoms with Crippen molar-refractivity contribution >= 4 is 5.97 Å². The number of methoxy groups -OCH3 is 1. The van der Waals surface area contributed by atoms with E-state index in [4.69, 9.17) is 4.74 Å². The molecule has 0 rings (SSSR count). The van der Waals surface area contributed by atoms with Gasteiger partial charge in [0.15, 0.2) is 0 Å². The van der Waals surface area contributed by atoms with Gasteiger partial charge in [0.1, 0.15) is 0 Å². The number of carbonyl (C=O) groups excluding carboxylic acids is 1. The van der Waals surface area contributed by atoms with Crippen LogP contribution in [0.25, 0.3) is 0 Å². The number of hydrogen-bond donors (Lipinski definition) is 0. The van der Waals surface area contributed by atoms with Crippen molar-refractivity contribution in [1.82, 2.24) is 0 Å². The normalized spacial score (nSPS) is 14.5. The van der Waals surface area contributed by atoms with E-state index in [-0.39, 0.29) is 11.9 Å². The molecule has 2 heteroatoms. The van der Waals surface area contributed by atoms with E-state index in [2.05, 4.69) is 34.6 Å². The van der Waals surface area contributed by atoms with E-state index in [9.17, 15) is 4.79 Å². The quantitative estimate of drug-likeness (QED) is 0.334. The molecule has 0 amide bonds. The Bertz CT molecular complexity index is 258. The molecule has 0 radical (unpaired) electrons. The van der Waals surface area contributed by atoms with E-state index in [0.717, 1.165) is 18.8 Å². The Kier molecular flexibility index (Phi) is 11.8. The van der Waals surface area contributed by atoms with E-state index in [0.29, 0.717) is 11.8 Å². The fourth-order valence-corrected chi connectivity index (χ4v) is 3.09. The maximum absolute atomic E-state index is 11.8. The van der Waals surface area contributed by atoms with Crippen LogP contribution in [-0.4, -0.2) is 13.1 Å². The molecule has 0 N–H and O–H groups in total. The van der Waals surface area contributed by atoms with Gasteiger partial charge in [-0.1, -0.05) is 73.1 Å². The van der Waals surface area contributed by atoms with Crippen LogP contribution in [0.3, 0.4) is 0 Å². The molecule has 0 bridgehead atoms. The standard InChI is InChI=1S/C19H38O2/c1-7-8-9-10-11-12-17(15(2)3)13-14-18(16(4)5)19(20)21-6/h15-18H,7-14H2,1-6H3. The van der Waals surface area contributed by atoms with Crippen LogP contribution in [0.15, 0.2) is 0 Å². The maximum Gasteiger partial charge on any atom is 0.308 e. The summed E-state index contributed by atoms with van der Waals surface area (Å²) in [4.78, 5) is 11.8.